The predicted octanol–water partition coefficient (Wildman–Crippen LogP) is 2.32. The molecule has 1 unspecified atom stereocenters. The van der Waals surface area contributed by atoms with Crippen LogP contribution in [0.15, 0.2) is 24.3 Å². The topological polar surface area (TPSA) is 58.6 Å². The fourth-order valence-electron chi connectivity index (χ4n) is 1.43. The Hall–Kier alpha value is -1.71. The van der Waals surface area contributed by atoms with Crippen LogP contribution in [0.1, 0.15) is 27.2 Å². The molecule has 0 saturated carbocycles. The summed E-state index contributed by atoms with van der Waals surface area (Å²) in [5.74, 6) is 0.752. The van der Waals surface area contributed by atoms with E-state index in [1.54, 1.807) is 25.1 Å². The third kappa shape index (κ3) is 4.65. The fourth-order valence-corrected chi connectivity index (χ4v) is 1.43. The van der Waals surface area contributed by atoms with Crippen molar-refractivity contribution in [2.45, 2.75) is 33.3 Å². The SMILES string of the molecule is CC(C)CCNC(=O)C(C)Oc1ccccc1O. The zero-order valence-corrected chi connectivity index (χ0v) is 11.1. The first-order valence-corrected chi connectivity index (χ1v) is 6.23. The summed E-state index contributed by atoms with van der Waals surface area (Å²) in [4.78, 5) is 11.7. The van der Waals surface area contributed by atoms with E-state index in [0.29, 0.717) is 18.2 Å². The second kappa shape index (κ2) is 6.89. The normalized spacial score (nSPS) is 12.2. The molecule has 0 aliphatic carbocycles. The number of ether oxygens (including phenoxy) is 1. The minimum Gasteiger partial charge on any atom is -0.504 e. The molecule has 0 spiro atoms. The maximum absolute atomic E-state index is 11.7. The number of benzene rings is 1. The van der Waals surface area contributed by atoms with Crippen molar-refractivity contribution in [3.8, 4) is 11.5 Å². The lowest BCUT2D eigenvalue weighted by Gasteiger charge is -2.15. The van der Waals surface area contributed by atoms with Crippen molar-refractivity contribution in [3.63, 3.8) is 0 Å². The Labute approximate surface area is 108 Å². The van der Waals surface area contributed by atoms with Gasteiger partial charge in [0.25, 0.3) is 5.91 Å². The number of nitrogens with one attached hydrogen (secondary N) is 1. The van der Waals surface area contributed by atoms with E-state index in [4.69, 9.17) is 4.74 Å². The van der Waals surface area contributed by atoms with Gasteiger partial charge in [-0.15, -0.1) is 0 Å². The summed E-state index contributed by atoms with van der Waals surface area (Å²) in [6, 6.07) is 6.61. The fraction of sp³-hybridized carbons (Fsp3) is 0.500. The van der Waals surface area contributed by atoms with Crippen LogP contribution in [0.4, 0.5) is 0 Å². The van der Waals surface area contributed by atoms with Gasteiger partial charge in [0.05, 0.1) is 0 Å². The van der Waals surface area contributed by atoms with Crippen LogP contribution in [0, 0.1) is 5.92 Å². The number of amides is 1. The Balaban J connectivity index is 2.43. The lowest BCUT2D eigenvalue weighted by atomic mass is 10.1. The van der Waals surface area contributed by atoms with Gasteiger partial charge >= 0.3 is 0 Å². The lowest BCUT2D eigenvalue weighted by Crippen LogP contribution is -2.37. The summed E-state index contributed by atoms with van der Waals surface area (Å²) in [6.45, 7) is 6.52. The van der Waals surface area contributed by atoms with Crippen LogP contribution in [-0.2, 0) is 4.79 Å². The van der Waals surface area contributed by atoms with Crippen LogP contribution in [-0.4, -0.2) is 23.7 Å². The Morgan fingerprint density at radius 2 is 2.00 bits per heavy atom. The first-order valence-electron chi connectivity index (χ1n) is 6.23. The minimum atomic E-state index is -0.620. The molecule has 0 heterocycles. The second-order valence-electron chi connectivity index (χ2n) is 4.70. The number of aromatic hydroxyl groups is 1. The number of carbonyl (C=O) groups excluding carboxylic acids is 1. The van der Waals surface area contributed by atoms with Crippen LogP contribution in [0.3, 0.4) is 0 Å². The molecule has 1 aromatic carbocycles. The van der Waals surface area contributed by atoms with Crippen molar-refractivity contribution in [1.82, 2.24) is 5.32 Å². The molecule has 4 heteroatoms. The van der Waals surface area contributed by atoms with E-state index in [2.05, 4.69) is 19.2 Å². The van der Waals surface area contributed by atoms with E-state index in [9.17, 15) is 9.90 Å². The monoisotopic (exact) mass is 251 g/mol. The van der Waals surface area contributed by atoms with Crippen LogP contribution in [0.25, 0.3) is 0 Å². The van der Waals surface area contributed by atoms with E-state index >= 15 is 0 Å². The molecule has 0 saturated heterocycles. The molecule has 2 N–H and O–H groups in total. The number of carbonyl (C=O) groups is 1. The molecule has 18 heavy (non-hydrogen) atoms. The third-order valence-electron chi connectivity index (χ3n) is 2.56. The first-order chi connectivity index (χ1) is 8.50. The molecular weight excluding hydrogens is 230 g/mol. The molecule has 0 aliphatic heterocycles. The van der Waals surface area contributed by atoms with Gasteiger partial charge in [-0.25, -0.2) is 0 Å². The second-order valence-corrected chi connectivity index (χ2v) is 4.70. The van der Waals surface area contributed by atoms with Gasteiger partial charge in [-0.05, 0) is 31.4 Å². The highest BCUT2D eigenvalue weighted by molar-refractivity contribution is 5.80. The van der Waals surface area contributed by atoms with Crippen molar-refractivity contribution in [1.29, 1.82) is 0 Å². The highest BCUT2D eigenvalue weighted by Crippen LogP contribution is 2.25. The van der Waals surface area contributed by atoms with E-state index in [0.717, 1.165) is 6.42 Å². The summed E-state index contributed by atoms with van der Waals surface area (Å²) >= 11 is 0. The lowest BCUT2D eigenvalue weighted by molar-refractivity contribution is -0.127. The Morgan fingerprint density at radius 1 is 1.33 bits per heavy atom. The molecule has 1 rings (SSSR count). The Bertz CT molecular complexity index is 390. The first kappa shape index (κ1) is 14.4. The molecule has 100 valence electrons. The van der Waals surface area contributed by atoms with Gasteiger partial charge in [0.15, 0.2) is 17.6 Å². The van der Waals surface area contributed by atoms with Gasteiger partial charge in [0, 0.05) is 6.54 Å². The van der Waals surface area contributed by atoms with E-state index in [-0.39, 0.29) is 11.7 Å². The quantitative estimate of drug-likeness (QED) is 0.815. The van der Waals surface area contributed by atoms with Crippen LogP contribution in [0.5, 0.6) is 11.5 Å². The largest absolute Gasteiger partial charge is 0.504 e. The van der Waals surface area contributed by atoms with Gasteiger partial charge < -0.3 is 15.2 Å². The maximum Gasteiger partial charge on any atom is 0.260 e. The summed E-state index contributed by atoms with van der Waals surface area (Å²) < 4.78 is 5.40. The van der Waals surface area contributed by atoms with Gasteiger partial charge in [-0.2, -0.15) is 0 Å². The molecule has 0 radical (unpaired) electrons. The zero-order chi connectivity index (χ0) is 13.5. The molecule has 0 aromatic heterocycles. The number of hydrogen-bond acceptors (Lipinski definition) is 3. The Morgan fingerprint density at radius 3 is 2.61 bits per heavy atom. The summed E-state index contributed by atoms with van der Waals surface area (Å²) in [5, 5.41) is 12.3. The van der Waals surface area contributed by atoms with Crippen molar-refractivity contribution < 1.29 is 14.6 Å². The van der Waals surface area contributed by atoms with Crippen molar-refractivity contribution in [3.05, 3.63) is 24.3 Å². The highest BCUT2D eigenvalue weighted by Gasteiger charge is 2.15. The molecule has 1 amide bonds. The average molecular weight is 251 g/mol. The summed E-state index contributed by atoms with van der Waals surface area (Å²) in [6.07, 6.45) is 0.320. The smallest absolute Gasteiger partial charge is 0.260 e. The number of rotatable bonds is 6. The molecule has 1 atom stereocenters. The van der Waals surface area contributed by atoms with E-state index in [1.165, 1.54) is 6.07 Å². The number of hydrogen-bond donors (Lipinski definition) is 2. The van der Waals surface area contributed by atoms with Crippen LogP contribution >= 0.6 is 0 Å². The third-order valence-corrected chi connectivity index (χ3v) is 2.56. The molecule has 0 aliphatic rings. The van der Waals surface area contributed by atoms with Crippen LogP contribution < -0.4 is 10.1 Å². The zero-order valence-electron chi connectivity index (χ0n) is 11.1. The van der Waals surface area contributed by atoms with E-state index in [1.807, 2.05) is 0 Å². The van der Waals surface area contributed by atoms with Gasteiger partial charge in [-0.3, -0.25) is 4.79 Å². The van der Waals surface area contributed by atoms with Crippen molar-refractivity contribution in [2.24, 2.45) is 5.92 Å². The molecule has 0 fully saturated rings. The number of phenols is 1. The predicted molar refractivity (Wildman–Crippen MR) is 70.7 cm³/mol. The summed E-state index contributed by atoms with van der Waals surface area (Å²) in [5.41, 5.74) is 0. The standard InChI is InChI=1S/C14H21NO3/c1-10(2)8-9-15-14(17)11(3)18-13-7-5-4-6-12(13)16/h4-7,10-11,16H,8-9H2,1-3H3,(H,15,17). The molecule has 0 bridgehead atoms. The number of para-hydroxylation sites is 2. The summed E-state index contributed by atoms with van der Waals surface area (Å²) in [7, 11) is 0. The van der Waals surface area contributed by atoms with Gasteiger partial charge in [0.2, 0.25) is 0 Å². The van der Waals surface area contributed by atoms with Crippen LogP contribution in [0.2, 0.25) is 0 Å². The van der Waals surface area contributed by atoms with Crippen molar-refractivity contribution >= 4 is 5.91 Å². The van der Waals surface area contributed by atoms with Gasteiger partial charge in [-0.1, -0.05) is 26.0 Å². The minimum absolute atomic E-state index is 0.0410. The van der Waals surface area contributed by atoms with Gasteiger partial charge in [0.1, 0.15) is 0 Å². The molecular formula is C14H21NO3. The molecule has 4 nitrogen and oxygen atoms in total. The highest BCUT2D eigenvalue weighted by atomic mass is 16.5. The average Bonchev–Trinajstić information content (AvgIpc) is 2.31. The number of phenolic OH excluding ortho intramolecular Hbond substituents is 1. The maximum atomic E-state index is 11.7. The Kier molecular flexibility index (Phi) is 5.49. The molecule has 1 aromatic rings. The van der Waals surface area contributed by atoms with Crippen molar-refractivity contribution in [2.75, 3.05) is 6.54 Å². The van der Waals surface area contributed by atoms with E-state index < -0.39 is 6.10 Å².